The summed E-state index contributed by atoms with van der Waals surface area (Å²) in [5.41, 5.74) is 0.0401. The molecule has 1 aromatic rings. The van der Waals surface area contributed by atoms with Crippen LogP contribution in [0.5, 0.6) is 0 Å². The molecule has 0 saturated carbocycles. The molecule has 1 saturated heterocycles. The Kier molecular flexibility index (Phi) is 3.73. The zero-order valence-electron chi connectivity index (χ0n) is 12.5. The third-order valence-corrected chi connectivity index (χ3v) is 3.29. The van der Waals surface area contributed by atoms with E-state index in [4.69, 9.17) is 4.74 Å². The number of aliphatic hydroxyl groups is 1. The summed E-state index contributed by atoms with van der Waals surface area (Å²) >= 11 is 0. The number of carbonyl (C=O) groups excluding carboxylic acids is 1. The molecule has 0 unspecified atom stereocenters. The molecule has 5 heteroatoms. The number of β-amino-alcohol motifs (C(OH)–C–C–N with tert-alkyl or cyclic N) is 1. The maximum Gasteiger partial charge on any atom is 0.410 e. The predicted octanol–water partition coefficient (Wildman–Crippen LogP) is 2.22. The van der Waals surface area contributed by atoms with E-state index in [0.29, 0.717) is 18.7 Å². The van der Waals surface area contributed by atoms with E-state index in [1.54, 1.807) is 6.20 Å². The highest BCUT2D eigenvalue weighted by molar-refractivity contribution is 5.68. The largest absolute Gasteiger partial charge is 0.444 e. The number of aromatic nitrogens is 1. The molecular weight excluding hydrogens is 256 g/mol. The smallest absolute Gasteiger partial charge is 0.410 e. The predicted molar refractivity (Wildman–Crippen MR) is 75.3 cm³/mol. The highest BCUT2D eigenvalue weighted by atomic mass is 16.6. The number of aryl methyl sites for hydroxylation is 1. The summed E-state index contributed by atoms with van der Waals surface area (Å²) in [6, 6.07) is 3.73. The van der Waals surface area contributed by atoms with Crippen LogP contribution in [0.3, 0.4) is 0 Å². The number of hydrogen-bond acceptors (Lipinski definition) is 4. The zero-order valence-corrected chi connectivity index (χ0v) is 12.5. The van der Waals surface area contributed by atoms with E-state index in [1.165, 1.54) is 4.90 Å². The highest BCUT2D eigenvalue weighted by Gasteiger charge is 2.41. The number of ether oxygens (including phenoxy) is 1. The van der Waals surface area contributed by atoms with Crippen LogP contribution in [0.25, 0.3) is 0 Å². The fourth-order valence-electron chi connectivity index (χ4n) is 2.23. The summed E-state index contributed by atoms with van der Waals surface area (Å²) in [6.45, 7) is 8.12. The second-order valence-corrected chi connectivity index (χ2v) is 6.40. The molecule has 1 aliphatic rings. The van der Waals surface area contributed by atoms with E-state index in [0.717, 1.165) is 5.56 Å². The molecule has 1 fully saturated rings. The summed E-state index contributed by atoms with van der Waals surface area (Å²) in [5, 5.41) is 10.7. The molecule has 1 aromatic heterocycles. The molecule has 0 bridgehead atoms. The first-order chi connectivity index (χ1) is 9.20. The van der Waals surface area contributed by atoms with Crippen molar-refractivity contribution in [3.05, 3.63) is 29.6 Å². The molecule has 1 N–H and O–H groups in total. The molecule has 1 atom stereocenters. The monoisotopic (exact) mass is 278 g/mol. The van der Waals surface area contributed by atoms with Gasteiger partial charge in [-0.05, 0) is 39.3 Å². The molecule has 110 valence electrons. The Hall–Kier alpha value is -1.62. The summed E-state index contributed by atoms with van der Waals surface area (Å²) < 4.78 is 5.33. The Morgan fingerprint density at radius 3 is 2.70 bits per heavy atom. The second-order valence-electron chi connectivity index (χ2n) is 6.40. The van der Waals surface area contributed by atoms with Gasteiger partial charge in [0.15, 0.2) is 0 Å². The second kappa shape index (κ2) is 5.05. The van der Waals surface area contributed by atoms with Gasteiger partial charge in [-0.25, -0.2) is 4.79 Å². The summed E-state index contributed by atoms with van der Waals surface area (Å²) in [4.78, 5) is 17.8. The van der Waals surface area contributed by atoms with Crippen LogP contribution in [-0.4, -0.2) is 39.8 Å². The van der Waals surface area contributed by atoms with Gasteiger partial charge < -0.3 is 14.7 Å². The minimum absolute atomic E-state index is 0.220. The van der Waals surface area contributed by atoms with Gasteiger partial charge in [0.25, 0.3) is 0 Å². The van der Waals surface area contributed by atoms with Crippen LogP contribution in [0.4, 0.5) is 4.79 Å². The van der Waals surface area contributed by atoms with Gasteiger partial charge in [0.1, 0.15) is 11.2 Å². The fourth-order valence-corrected chi connectivity index (χ4v) is 2.23. The number of pyridine rings is 1. The lowest BCUT2D eigenvalue weighted by Crippen LogP contribution is -2.38. The number of amides is 1. The van der Waals surface area contributed by atoms with Crippen molar-refractivity contribution in [2.45, 2.75) is 45.3 Å². The molecule has 0 radical (unpaired) electrons. The van der Waals surface area contributed by atoms with Gasteiger partial charge in [-0.2, -0.15) is 0 Å². The first-order valence-corrected chi connectivity index (χ1v) is 6.83. The standard InChI is InChI=1S/C15H22N2O3/c1-11-5-6-12(16-9-11)15(19)7-8-17(10-15)13(18)20-14(2,3)4/h5-6,9,19H,7-8,10H2,1-4H3/t15-/m1/s1. The van der Waals surface area contributed by atoms with Gasteiger partial charge in [-0.3, -0.25) is 4.98 Å². The normalized spacial score (nSPS) is 22.9. The lowest BCUT2D eigenvalue weighted by molar-refractivity contribution is 0.0126. The fraction of sp³-hybridized carbons (Fsp3) is 0.600. The molecule has 0 spiro atoms. The minimum Gasteiger partial charge on any atom is -0.444 e. The summed E-state index contributed by atoms with van der Waals surface area (Å²) in [5.74, 6) is 0. The third-order valence-electron chi connectivity index (χ3n) is 3.29. The van der Waals surface area contributed by atoms with Crippen LogP contribution in [0.2, 0.25) is 0 Å². The van der Waals surface area contributed by atoms with Gasteiger partial charge in [-0.15, -0.1) is 0 Å². The Morgan fingerprint density at radius 1 is 1.45 bits per heavy atom. The molecular formula is C15H22N2O3. The number of nitrogens with zero attached hydrogens (tertiary/aromatic N) is 2. The van der Waals surface area contributed by atoms with Gasteiger partial charge >= 0.3 is 6.09 Å². The topological polar surface area (TPSA) is 62.7 Å². The average molecular weight is 278 g/mol. The Morgan fingerprint density at radius 2 is 2.15 bits per heavy atom. The van der Waals surface area contributed by atoms with Crippen LogP contribution in [0.1, 0.15) is 38.4 Å². The van der Waals surface area contributed by atoms with Crippen molar-refractivity contribution < 1.29 is 14.6 Å². The molecule has 20 heavy (non-hydrogen) atoms. The van der Waals surface area contributed by atoms with Crippen molar-refractivity contribution in [1.82, 2.24) is 9.88 Å². The number of likely N-dealkylation sites (tertiary alicyclic amines) is 1. The Bertz CT molecular complexity index is 493. The molecule has 2 rings (SSSR count). The van der Waals surface area contributed by atoms with E-state index in [-0.39, 0.29) is 12.6 Å². The van der Waals surface area contributed by atoms with Crippen molar-refractivity contribution in [1.29, 1.82) is 0 Å². The van der Waals surface area contributed by atoms with Gasteiger partial charge in [-0.1, -0.05) is 6.07 Å². The summed E-state index contributed by atoms with van der Waals surface area (Å²) in [7, 11) is 0. The molecule has 0 aliphatic carbocycles. The van der Waals surface area contributed by atoms with Crippen LogP contribution in [0, 0.1) is 6.92 Å². The average Bonchev–Trinajstić information content (AvgIpc) is 2.72. The van der Waals surface area contributed by atoms with Gasteiger partial charge in [0.2, 0.25) is 0 Å². The number of hydrogen-bond donors (Lipinski definition) is 1. The van der Waals surface area contributed by atoms with Crippen molar-refractivity contribution in [3.63, 3.8) is 0 Å². The van der Waals surface area contributed by atoms with Gasteiger partial charge in [0, 0.05) is 19.2 Å². The van der Waals surface area contributed by atoms with E-state index in [1.807, 2.05) is 39.8 Å². The maximum atomic E-state index is 12.0. The first-order valence-electron chi connectivity index (χ1n) is 6.83. The third kappa shape index (κ3) is 3.28. The Balaban J connectivity index is 2.07. The van der Waals surface area contributed by atoms with E-state index in [9.17, 15) is 9.90 Å². The van der Waals surface area contributed by atoms with Crippen molar-refractivity contribution >= 4 is 6.09 Å². The van der Waals surface area contributed by atoms with Crippen molar-refractivity contribution in [2.24, 2.45) is 0 Å². The number of rotatable bonds is 1. The maximum absolute atomic E-state index is 12.0. The van der Waals surface area contributed by atoms with E-state index >= 15 is 0 Å². The van der Waals surface area contributed by atoms with Crippen LogP contribution in [-0.2, 0) is 10.3 Å². The zero-order chi connectivity index (χ0) is 15.0. The SMILES string of the molecule is Cc1ccc([C@@]2(O)CCN(C(=O)OC(C)(C)C)C2)nc1. The molecule has 1 amide bonds. The molecule has 5 nitrogen and oxygen atoms in total. The van der Waals surface area contributed by atoms with E-state index in [2.05, 4.69) is 4.98 Å². The van der Waals surface area contributed by atoms with Crippen LogP contribution in [0.15, 0.2) is 18.3 Å². The lowest BCUT2D eigenvalue weighted by atomic mass is 9.98. The molecule has 1 aliphatic heterocycles. The van der Waals surface area contributed by atoms with Crippen LogP contribution >= 0.6 is 0 Å². The van der Waals surface area contributed by atoms with E-state index < -0.39 is 11.2 Å². The quantitative estimate of drug-likeness (QED) is 0.855. The number of carbonyl (C=O) groups is 1. The lowest BCUT2D eigenvalue weighted by Gasteiger charge is -2.26. The Labute approximate surface area is 119 Å². The van der Waals surface area contributed by atoms with Gasteiger partial charge in [0.05, 0.1) is 12.2 Å². The van der Waals surface area contributed by atoms with Crippen molar-refractivity contribution in [2.75, 3.05) is 13.1 Å². The van der Waals surface area contributed by atoms with Crippen LogP contribution < -0.4 is 0 Å². The highest BCUT2D eigenvalue weighted by Crippen LogP contribution is 2.31. The minimum atomic E-state index is -1.08. The summed E-state index contributed by atoms with van der Waals surface area (Å²) in [6.07, 6.45) is 1.81. The van der Waals surface area contributed by atoms with Crippen molar-refractivity contribution in [3.8, 4) is 0 Å². The molecule has 0 aromatic carbocycles. The first kappa shape index (κ1) is 14.8. The molecule has 2 heterocycles.